The van der Waals surface area contributed by atoms with Crippen LogP contribution in [0.25, 0.3) is 0 Å². The molecule has 2 saturated heterocycles. The number of rotatable bonds is 9. The van der Waals surface area contributed by atoms with E-state index < -0.39 is 20.0 Å². The molecule has 1 unspecified atom stereocenters. The second-order valence-corrected chi connectivity index (χ2v) is 15.5. The van der Waals surface area contributed by atoms with Crippen LogP contribution in [0.3, 0.4) is 0 Å². The predicted octanol–water partition coefficient (Wildman–Crippen LogP) is 4.92. The van der Waals surface area contributed by atoms with Crippen molar-refractivity contribution in [3.63, 3.8) is 0 Å². The summed E-state index contributed by atoms with van der Waals surface area (Å²) in [6.45, 7) is 11.7. The van der Waals surface area contributed by atoms with Gasteiger partial charge in [-0.05, 0) is 74.1 Å². The molecule has 0 saturated carbocycles. The van der Waals surface area contributed by atoms with Gasteiger partial charge in [0.05, 0.1) is 32.5 Å². The van der Waals surface area contributed by atoms with E-state index in [9.17, 15) is 16.8 Å². The van der Waals surface area contributed by atoms with Gasteiger partial charge in [-0.15, -0.1) is 24.8 Å². The van der Waals surface area contributed by atoms with Crippen LogP contribution in [0.15, 0.2) is 107 Å². The number of nitrogens with zero attached hydrogens (tertiary/aromatic N) is 3. The molecule has 51 heavy (non-hydrogen) atoms. The number of hydrogen-bond donors (Lipinski definition) is 5. The summed E-state index contributed by atoms with van der Waals surface area (Å²) < 4.78 is 55.2. The van der Waals surface area contributed by atoms with Gasteiger partial charge in [0.2, 0.25) is 0 Å². The number of likely N-dealkylation sites (N-methyl/N-ethyl adjacent to an activating group) is 1. The third kappa shape index (κ3) is 11.0. The molecule has 2 aliphatic heterocycles. The molecule has 4 aromatic rings. The second kappa shape index (κ2) is 18.5. The number of hydrogen-bond acceptors (Lipinski definition) is 10. The van der Waals surface area contributed by atoms with Crippen LogP contribution >= 0.6 is 24.8 Å². The van der Waals surface area contributed by atoms with Crippen LogP contribution in [-0.2, 0) is 20.0 Å². The highest BCUT2D eigenvalue weighted by Gasteiger charge is 2.22. The number of anilines is 6. The second-order valence-electron chi connectivity index (χ2n) is 12.1. The van der Waals surface area contributed by atoms with Crippen LogP contribution in [0, 0.1) is 0 Å². The maximum atomic E-state index is 12.5. The number of benzene rings is 4. The van der Waals surface area contributed by atoms with Gasteiger partial charge >= 0.3 is 0 Å². The molecule has 0 spiro atoms. The van der Waals surface area contributed by atoms with Crippen LogP contribution < -0.4 is 36.0 Å². The Labute approximate surface area is 314 Å². The molecule has 278 valence electrons. The Morgan fingerprint density at radius 3 is 1.53 bits per heavy atom. The molecule has 0 amide bonds. The summed E-state index contributed by atoms with van der Waals surface area (Å²) in [6, 6.07) is 27.9. The lowest BCUT2D eigenvalue weighted by Gasteiger charge is -2.36. The molecular formula is C35H48Cl2N8O4S2. The molecule has 0 aromatic heterocycles. The van der Waals surface area contributed by atoms with E-state index in [4.69, 9.17) is 11.5 Å². The van der Waals surface area contributed by atoms with Crippen molar-refractivity contribution in [3.05, 3.63) is 97.1 Å². The third-order valence-corrected chi connectivity index (χ3v) is 11.3. The van der Waals surface area contributed by atoms with E-state index >= 15 is 0 Å². The zero-order valence-corrected chi connectivity index (χ0v) is 32.0. The monoisotopic (exact) mass is 778 g/mol. The van der Waals surface area contributed by atoms with E-state index in [0.717, 1.165) is 63.7 Å². The molecule has 4 aromatic carbocycles. The summed E-state index contributed by atoms with van der Waals surface area (Å²) >= 11 is 0. The molecular weight excluding hydrogens is 731 g/mol. The summed E-state index contributed by atoms with van der Waals surface area (Å²) in [5.41, 5.74) is 16.1. The van der Waals surface area contributed by atoms with E-state index in [2.05, 4.69) is 43.3 Å². The Balaban J connectivity index is 0.000000265. The number of nitrogens with two attached hydrogens (primary N) is 2. The first-order valence-corrected chi connectivity index (χ1v) is 19.3. The molecule has 0 radical (unpaired) electrons. The minimum atomic E-state index is -3.65. The van der Waals surface area contributed by atoms with Gasteiger partial charge in [-0.25, -0.2) is 16.8 Å². The maximum Gasteiger partial charge on any atom is 0.261 e. The summed E-state index contributed by atoms with van der Waals surface area (Å²) in [5, 5.41) is 3.38. The summed E-state index contributed by atoms with van der Waals surface area (Å²) in [6.07, 6.45) is 0. The van der Waals surface area contributed by atoms with Gasteiger partial charge in [0, 0.05) is 63.2 Å². The van der Waals surface area contributed by atoms with Gasteiger partial charge in [0.1, 0.15) is 0 Å². The predicted molar refractivity (Wildman–Crippen MR) is 215 cm³/mol. The molecule has 6 rings (SSSR count). The van der Waals surface area contributed by atoms with Gasteiger partial charge in [-0.1, -0.05) is 43.3 Å². The molecule has 2 heterocycles. The quantitative estimate of drug-likeness (QED) is 0.147. The van der Waals surface area contributed by atoms with E-state index in [-0.39, 0.29) is 34.6 Å². The molecule has 16 heteroatoms. The average Bonchev–Trinajstić information content (AvgIpc) is 3.09. The van der Waals surface area contributed by atoms with Crippen LogP contribution in [0.5, 0.6) is 0 Å². The Bertz CT molecular complexity index is 1920. The molecule has 7 N–H and O–H groups in total. The van der Waals surface area contributed by atoms with Gasteiger partial charge in [-0.2, -0.15) is 0 Å². The smallest absolute Gasteiger partial charge is 0.261 e. The Morgan fingerprint density at radius 1 is 0.667 bits per heavy atom. The Morgan fingerprint density at radius 2 is 1.12 bits per heavy atom. The zero-order valence-electron chi connectivity index (χ0n) is 28.7. The fourth-order valence-electron chi connectivity index (χ4n) is 5.87. The molecule has 2 fully saturated rings. The van der Waals surface area contributed by atoms with E-state index in [1.165, 1.54) is 12.1 Å². The first kappa shape index (κ1) is 41.5. The topological polar surface area (TPSA) is 166 Å². The van der Waals surface area contributed by atoms with Crippen molar-refractivity contribution in [1.82, 2.24) is 10.2 Å². The number of nitrogens with one attached hydrogen (secondary N) is 3. The summed E-state index contributed by atoms with van der Waals surface area (Å²) in [7, 11) is -7.31. The third-order valence-electron chi connectivity index (χ3n) is 8.54. The highest BCUT2D eigenvalue weighted by molar-refractivity contribution is 7.93. The van der Waals surface area contributed by atoms with E-state index in [1.807, 2.05) is 12.1 Å². The molecule has 0 bridgehead atoms. The fourth-order valence-corrected chi connectivity index (χ4v) is 8.06. The van der Waals surface area contributed by atoms with Crippen LogP contribution in [0.4, 0.5) is 34.1 Å². The van der Waals surface area contributed by atoms with Crippen LogP contribution in [-0.4, -0.2) is 80.1 Å². The zero-order chi connectivity index (χ0) is 35.0. The largest absolute Gasteiger partial charge is 0.397 e. The van der Waals surface area contributed by atoms with Crippen molar-refractivity contribution in [1.29, 1.82) is 0 Å². The van der Waals surface area contributed by atoms with Crippen molar-refractivity contribution < 1.29 is 16.8 Å². The minimum Gasteiger partial charge on any atom is -0.397 e. The highest BCUT2D eigenvalue weighted by atomic mass is 35.5. The molecule has 12 nitrogen and oxygen atoms in total. The molecule has 1 atom stereocenters. The number of nitrogen functional groups attached to an aromatic ring is 2. The minimum absolute atomic E-state index is 0. The molecule has 2 aliphatic rings. The van der Waals surface area contributed by atoms with Gasteiger partial charge < -0.3 is 31.5 Å². The average molecular weight is 780 g/mol. The van der Waals surface area contributed by atoms with Gasteiger partial charge in [-0.3, -0.25) is 9.44 Å². The van der Waals surface area contributed by atoms with Crippen molar-refractivity contribution in [2.75, 3.05) is 83.1 Å². The van der Waals surface area contributed by atoms with Crippen LogP contribution in [0.2, 0.25) is 0 Å². The van der Waals surface area contributed by atoms with E-state index in [1.54, 1.807) is 72.8 Å². The molecule has 0 aliphatic carbocycles. The van der Waals surface area contributed by atoms with E-state index in [0.29, 0.717) is 28.8 Å². The normalized spacial score (nSPS) is 16.5. The maximum absolute atomic E-state index is 12.5. The van der Waals surface area contributed by atoms with Gasteiger partial charge in [0.15, 0.2) is 0 Å². The number of para-hydroxylation sites is 2. The van der Waals surface area contributed by atoms with Crippen molar-refractivity contribution in [2.45, 2.75) is 29.7 Å². The Hall–Kier alpha value is -3.92. The first-order valence-electron chi connectivity index (χ1n) is 16.4. The fraction of sp³-hybridized carbons (Fsp3) is 0.314. The lowest BCUT2D eigenvalue weighted by molar-refractivity contribution is 0.271. The summed E-state index contributed by atoms with van der Waals surface area (Å²) in [5.74, 6) is 0. The lowest BCUT2D eigenvalue weighted by atomic mass is 10.2. The lowest BCUT2D eigenvalue weighted by Crippen LogP contribution is -2.49. The van der Waals surface area contributed by atoms with Crippen LogP contribution in [0.1, 0.15) is 13.8 Å². The number of halogens is 2. The van der Waals surface area contributed by atoms with Crippen molar-refractivity contribution in [2.24, 2.45) is 0 Å². The standard InChI is InChI=1S/C18H24N4O2S.C17H22N4O2S.2ClH/c1-2-21-10-12-22(13-11-21)18-9-8-16(14-17(18)19)25(23,24)20-15-6-4-3-5-7-15;1-13-12-21(10-9-19-13)17-8-7-15(11-16(17)18)24(22,23)20-14-5-3-2-4-6-14;;/h3-9,14,20H,2,10-13,19H2,1H3;2-8,11,13,19-20H,9-10,12,18H2,1H3;2*1H. The first-order chi connectivity index (χ1) is 23.4. The van der Waals surface area contributed by atoms with Crippen molar-refractivity contribution in [3.8, 4) is 0 Å². The number of piperazine rings is 2. The number of sulfonamides is 2. The van der Waals surface area contributed by atoms with Crippen molar-refractivity contribution >= 4 is 79.0 Å². The highest BCUT2D eigenvalue weighted by Crippen LogP contribution is 2.29. The summed E-state index contributed by atoms with van der Waals surface area (Å²) in [4.78, 5) is 7.11. The SMILES string of the molecule is CC1CN(c2ccc(S(=O)(=O)Nc3ccccc3)cc2N)CCN1.CCN1CCN(c2ccc(S(=O)(=O)Nc3ccccc3)cc2N)CC1.Cl.Cl. The Kier molecular flexibility index (Phi) is 15.1. The van der Waals surface area contributed by atoms with Gasteiger partial charge in [0.25, 0.3) is 20.0 Å².